The standard InChI is InChI=1S/C12H22O2.C7H10O3/c1-5-7-8-11(6-2)9-14-12(13)10(3)4;1-5(2)7(8)10-4-6-3-9-6/h11H,3,5-9H2,1-2,4H3;6H,1,3-4H2,2H3. The van der Waals surface area contributed by atoms with Crippen LogP contribution in [-0.4, -0.2) is 37.9 Å². The minimum Gasteiger partial charge on any atom is -0.462 e. The third kappa shape index (κ3) is 11.9. The van der Waals surface area contributed by atoms with E-state index in [2.05, 4.69) is 27.0 Å². The van der Waals surface area contributed by atoms with Crippen LogP contribution in [0.25, 0.3) is 0 Å². The average molecular weight is 340 g/mol. The summed E-state index contributed by atoms with van der Waals surface area (Å²) >= 11 is 0. The molecular formula is C19H32O5. The van der Waals surface area contributed by atoms with Crippen LogP contribution in [0, 0.1) is 5.92 Å². The summed E-state index contributed by atoms with van der Waals surface area (Å²) in [5.41, 5.74) is 0.913. The lowest BCUT2D eigenvalue weighted by Gasteiger charge is -2.14. The van der Waals surface area contributed by atoms with Crippen molar-refractivity contribution in [1.29, 1.82) is 0 Å². The number of ether oxygens (including phenoxy) is 3. The smallest absolute Gasteiger partial charge is 0.333 e. The number of epoxide rings is 1. The second-order valence-corrected chi connectivity index (χ2v) is 6.13. The van der Waals surface area contributed by atoms with Crippen LogP contribution in [0.15, 0.2) is 24.3 Å². The Hall–Kier alpha value is -1.62. The molecule has 0 bridgehead atoms. The Bertz CT molecular complexity index is 423. The first-order valence-corrected chi connectivity index (χ1v) is 8.58. The number of unbranched alkanes of at least 4 members (excludes halogenated alkanes) is 1. The molecule has 0 aromatic carbocycles. The first-order chi connectivity index (χ1) is 11.3. The zero-order chi connectivity index (χ0) is 18.5. The lowest BCUT2D eigenvalue weighted by atomic mass is 10.0. The van der Waals surface area contributed by atoms with E-state index in [-0.39, 0.29) is 18.0 Å². The van der Waals surface area contributed by atoms with Crippen molar-refractivity contribution >= 4 is 11.9 Å². The molecule has 2 unspecified atom stereocenters. The average Bonchev–Trinajstić information content (AvgIpc) is 3.37. The molecule has 0 aromatic heterocycles. The molecule has 1 fully saturated rings. The molecule has 1 heterocycles. The fourth-order valence-electron chi connectivity index (χ4n) is 1.67. The van der Waals surface area contributed by atoms with Gasteiger partial charge in [-0.15, -0.1) is 0 Å². The van der Waals surface area contributed by atoms with E-state index in [0.717, 1.165) is 12.8 Å². The molecule has 0 amide bonds. The van der Waals surface area contributed by atoms with Crippen LogP contribution in [0.1, 0.15) is 53.4 Å². The third-order valence-corrected chi connectivity index (χ3v) is 3.49. The fraction of sp³-hybridized carbons (Fsp3) is 0.684. The summed E-state index contributed by atoms with van der Waals surface area (Å²) < 4.78 is 14.7. The summed E-state index contributed by atoms with van der Waals surface area (Å²) in [6.45, 7) is 16.2. The Labute approximate surface area is 146 Å². The minimum absolute atomic E-state index is 0.142. The van der Waals surface area contributed by atoms with Gasteiger partial charge in [-0.25, -0.2) is 9.59 Å². The highest BCUT2D eigenvalue weighted by Gasteiger charge is 2.24. The van der Waals surface area contributed by atoms with Crippen LogP contribution in [0.4, 0.5) is 0 Å². The van der Waals surface area contributed by atoms with Crippen molar-refractivity contribution in [2.75, 3.05) is 19.8 Å². The summed E-state index contributed by atoms with van der Waals surface area (Å²) in [4.78, 5) is 21.8. The summed E-state index contributed by atoms with van der Waals surface area (Å²) in [5, 5.41) is 0. The minimum atomic E-state index is -0.337. The van der Waals surface area contributed by atoms with Crippen molar-refractivity contribution in [3.05, 3.63) is 24.3 Å². The normalized spacial score (nSPS) is 16.2. The molecule has 1 aliphatic heterocycles. The van der Waals surface area contributed by atoms with Crippen molar-refractivity contribution in [2.24, 2.45) is 5.92 Å². The van der Waals surface area contributed by atoms with Crippen LogP contribution < -0.4 is 0 Å². The monoisotopic (exact) mass is 340 g/mol. The number of rotatable bonds is 10. The van der Waals surface area contributed by atoms with Crippen LogP contribution in [0.5, 0.6) is 0 Å². The number of carbonyl (C=O) groups excluding carboxylic acids is 2. The first kappa shape index (κ1) is 22.4. The van der Waals surface area contributed by atoms with Crippen molar-refractivity contribution < 1.29 is 23.8 Å². The van der Waals surface area contributed by atoms with E-state index in [1.54, 1.807) is 13.8 Å². The van der Waals surface area contributed by atoms with Gasteiger partial charge in [-0.3, -0.25) is 0 Å². The summed E-state index contributed by atoms with van der Waals surface area (Å²) in [6, 6.07) is 0. The van der Waals surface area contributed by atoms with Gasteiger partial charge < -0.3 is 14.2 Å². The number of carbonyl (C=O) groups is 2. The Kier molecular flexibility index (Phi) is 11.9. The van der Waals surface area contributed by atoms with Crippen LogP contribution in [-0.2, 0) is 23.8 Å². The predicted molar refractivity (Wildman–Crippen MR) is 94.6 cm³/mol. The predicted octanol–water partition coefficient (Wildman–Crippen LogP) is 3.83. The molecule has 1 aliphatic rings. The fourth-order valence-corrected chi connectivity index (χ4v) is 1.67. The van der Waals surface area contributed by atoms with Gasteiger partial charge in [0.05, 0.1) is 13.2 Å². The zero-order valence-corrected chi connectivity index (χ0v) is 15.6. The lowest BCUT2D eigenvalue weighted by molar-refractivity contribution is -0.140. The van der Waals surface area contributed by atoms with Gasteiger partial charge in [0.2, 0.25) is 0 Å². The molecule has 5 heteroatoms. The quantitative estimate of drug-likeness (QED) is 0.343. The highest BCUT2D eigenvalue weighted by molar-refractivity contribution is 5.87. The van der Waals surface area contributed by atoms with E-state index in [4.69, 9.17) is 14.2 Å². The molecule has 0 aliphatic carbocycles. The molecule has 1 saturated heterocycles. The Morgan fingerprint density at radius 3 is 2.08 bits per heavy atom. The SMILES string of the molecule is C=C(C)C(=O)OCC(CC)CCCC.C=C(C)C(=O)OCC1CO1. The number of hydrogen-bond acceptors (Lipinski definition) is 5. The van der Waals surface area contributed by atoms with Gasteiger partial charge in [-0.05, 0) is 26.2 Å². The molecule has 0 saturated carbocycles. The molecule has 24 heavy (non-hydrogen) atoms. The van der Waals surface area contributed by atoms with Gasteiger partial charge in [0.1, 0.15) is 12.7 Å². The maximum absolute atomic E-state index is 11.1. The topological polar surface area (TPSA) is 65.1 Å². The maximum atomic E-state index is 11.1. The molecule has 5 nitrogen and oxygen atoms in total. The van der Waals surface area contributed by atoms with Crippen LogP contribution in [0.2, 0.25) is 0 Å². The van der Waals surface area contributed by atoms with Crippen molar-refractivity contribution in [1.82, 2.24) is 0 Å². The van der Waals surface area contributed by atoms with E-state index < -0.39 is 0 Å². The molecular weight excluding hydrogens is 308 g/mol. The lowest BCUT2D eigenvalue weighted by Crippen LogP contribution is -2.14. The highest BCUT2D eigenvalue weighted by Crippen LogP contribution is 2.13. The maximum Gasteiger partial charge on any atom is 0.333 e. The van der Waals surface area contributed by atoms with Gasteiger partial charge in [0.15, 0.2) is 0 Å². The molecule has 0 N–H and O–H groups in total. The van der Waals surface area contributed by atoms with Crippen molar-refractivity contribution in [2.45, 2.75) is 59.5 Å². The number of esters is 2. The van der Waals surface area contributed by atoms with E-state index in [9.17, 15) is 9.59 Å². The van der Waals surface area contributed by atoms with E-state index in [1.165, 1.54) is 12.8 Å². The summed E-state index contributed by atoms with van der Waals surface area (Å²) in [5.74, 6) is -0.0892. The second-order valence-electron chi connectivity index (χ2n) is 6.13. The Balaban J connectivity index is 0.000000463. The molecule has 2 atom stereocenters. The Morgan fingerprint density at radius 1 is 1.12 bits per heavy atom. The van der Waals surface area contributed by atoms with Gasteiger partial charge in [-0.1, -0.05) is 46.3 Å². The third-order valence-electron chi connectivity index (χ3n) is 3.49. The van der Waals surface area contributed by atoms with Gasteiger partial charge >= 0.3 is 11.9 Å². The molecule has 0 aromatic rings. The zero-order valence-electron chi connectivity index (χ0n) is 15.6. The highest BCUT2D eigenvalue weighted by atomic mass is 16.6. The molecule has 0 radical (unpaired) electrons. The van der Waals surface area contributed by atoms with Gasteiger partial charge in [-0.2, -0.15) is 0 Å². The molecule has 0 spiro atoms. The van der Waals surface area contributed by atoms with E-state index in [0.29, 0.717) is 36.9 Å². The second kappa shape index (κ2) is 12.8. The summed E-state index contributed by atoms with van der Waals surface area (Å²) in [7, 11) is 0. The largest absolute Gasteiger partial charge is 0.462 e. The van der Waals surface area contributed by atoms with Gasteiger partial charge in [0.25, 0.3) is 0 Å². The van der Waals surface area contributed by atoms with Crippen molar-refractivity contribution in [3.63, 3.8) is 0 Å². The Morgan fingerprint density at radius 2 is 1.67 bits per heavy atom. The molecule has 138 valence electrons. The van der Waals surface area contributed by atoms with Crippen molar-refractivity contribution in [3.8, 4) is 0 Å². The molecule has 1 rings (SSSR count). The van der Waals surface area contributed by atoms with Crippen LogP contribution >= 0.6 is 0 Å². The first-order valence-electron chi connectivity index (χ1n) is 8.58. The van der Waals surface area contributed by atoms with Crippen LogP contribution in [0.3, 0.4) is 0 Å². The van der Waals surface area contributed by atoms with E-state index >= 15 is 0 Å². The van der Waals surface area contributed by atoms with Gasteiger partial charge in [0, 0.05) is 11.1 Å². The van der Waals surface area contributed by atoms with E-state index in [1.807, 2.05) is 0 Å². The summed E-state index contributed by atoms with van der Waals surface area (Å²) in [6.07, 6.45) is 4.77. The number of hydrogen-bond donors (Lipinski definition) is 0.